The van der Waals surface area contributed by atoms with Crippen molar-refractivity contribution in [1.82, 2.24) is 5.32 Å². The van der Waals surface area contributed by atoms with Crippen molar-refractivity contribution in [3.63, 3.8) is 0 Å². The van der Waals surface area contributed by atoms with E-state index in [9.17, 15) is 0 Å². The van der Waals surface area contributed by atoms with Gasteiger partial charge in [-0.15, -0.1) is 0 Å². The van der Waals surface area contributed by atoms with Crippen molar-refractivity contribution < 1.29 is 0 Å². The van der Waals surface area contributed by atoms with Gasteiger partial charge >= 0.3 is 0 Å². The van der Waals surface area contributed by atoms with E-state index in [4.69, 9.17) is 5.73 Å². The van der Waals surface area contributed by atoms with Crippen LogP contribution in [0.1, 0.15) is 24.0 Å². The predicted octanol–water partition coefficient (Wildman–Crippen LogP) is 2.12. The Morgan fingerprint density at radius 1 is 1.47 bits per heavy atom. The lowest BCUT2D eigenvalue weighted by Gasteiger charge is -2.04. The van der Waals surface area contributed by atoms with Crippen molar-refractivity contribution in [1.29, 1.82) is 0 Å². The lowest BCUT2D eigenvalue weighted by atomic mass is 10.1. The van der Waals surface area contributed by atoms with Gasteiger partial charge in [-0.05, 0) is 30.2 Å². The van der Waals surface area contributed by atoms with E-state index < -0.39 is 0 Å². The van der Waals surface area contributed by atoms with E-state index in [1.165, 1.54) is 24.0 Å². The minimum Gasteiger partial charge on any atom is -0.370 e. The highest BCUT2D eigenvalue weighted by Gasteiger charge is 2.21. The number of rotatable bonds is 5. The van der Waals surface area contributed by atoms with Gasteiger partial charge in [0.15, 0.2) is 5.96 Å². The number of nitrogens with two attached hydrogens (primary N) is 1. The van der Waals surface area contributed by atoms with E-state index in [1.807, 2.05) is 11.8 Å². The quantitative estimate of drug-likeness (QED) is 0.621. The van der Waals surface area contributed by atoms with Crippen molar-refractivity contribution in [2.45, 2.75) is 31.2 Å². The summed E-state index contributed by atoms with van der Waals surface area (Å²) < 4.78 is 0. The molecule has 0 aliphatic heterocycles. The molecule has 0 spiro atoms. The Hall–Kier alpha value is -1.16. The fraction of sp³-hybridized carbons (Fsp3) is 0.462. The molecule has 0 amide bonds. The van der Waals surface area contributed by atoms with E-state index in [2.05, 4.69) is 40.8 Å². The molecule has 1 aliphatic rings. The van der Waals surface area contributed by atoms with E-state index >= 15 is 0 Å². The Labute approximate surface area is 107 Å². The molecule has 0 atom stereocenters. The Kier molecular flexibility index (Phi) is 4.31. The molecule has 0 unspecified atom stereocenters. The largest absolute Gasteiger partial charge is 0.370 e. The number of nitrogens with one attached hydrogen (secondary N) is 1. The Morgan fingerprint density at radius 2 is 2.24 bits per heavy atom. The van der Waals surface area contributed by atoms with E-state index in [0.29, 0.717) is 18.5 Å². The number of guanidine groups is 1. The highest BCUT2D eigenvalue weighted by atomic mass is 32.2. The standard InChI is InChI=1S/C13H19N3S/c1-17-9-11-4-2-3-10(7-11)8-15-13(14)16-12-5-6-12/h2-4,7,12H,5-6,8-9H2,1H3,(H3,14,15,16). The zero-order valence-electron chi connectivity index (χ0n) is 10.1. The van der Waals surface area contributed by atoms with Crippen molar-refractivity contribution >= 4 is 17.7 Å². The first-order valence-electron chi connectivity index (χ1n) is 5.91. The average Bonchev–Trinajstić information content (AvgIpc) is 3.11. The monoisotopic (exact) mass is 249 g/mol. The van der Waals surface area contributed by atoms with Crippen molar-refractivity contribution in [3.05, 3.63) is 35.4 Å². The molecule has 17 heavy (non-hydrogen) atoms. The number of thioether (sulfide) groups is 1. The molecule has 0 radical (unpaired) electrons. The SMILES string of the molecule is CSCc1cccc(CN=C(N)NC2CC2)c1. The molecule has 3 nitrogen and oxygen atoms in total. The van der Waals surface area contributed by atoms with Crippen LogP contribution in [-0.4, -0.2) is 18.3 Å². The molecule has 0 bridgehead atoms. The highest BCUT2D eigenvalue weighted by Crippen LogP contribution is 2.18. The van der Waals surface area contributed by atoms with E-state index in [0.717, 1.165) is 5.75 Å². The number of nitrogens with zero attached hydrogens (tertiary/aromatic N) is 1. The first-order valence-corrected chi connectivity index (χ1v) is 7.30. The summed E-state index contributed by atoms with van der Waals surface area (Å²) in [6.07, 6.45) is 4.56. The summed E-state index contributed by atoms with van der Waals surface area (Å²) in [7, 11) is 0. The van der Waals surface area contributed by atoms with Gasteiger partial charge in [0.25, 0.3) is 0 Å². The number of aliphatic imine (C=N–C) groups is 1. The second kappa shape index (κ2) is 5.96. The second-order valence-corrected chi connectivity index (χ2v) is 5.24. The number of hydrogen-bond donors (Lipinski definition) is 2. The Bertz CT molecular complexity index is 399. The molecule has 1 saturated carbocycles. The smallest absolute Gasteiger partial charge is 0.189 e. The molecule has 0 heterocycles. The van der Waals surface area contributed by atoms with Crippen molar-refractivity contribution in [3.8, 4) is 0 Å². The molecule has 92 valence electrons. The van der Waals surface area contributed by atoms with Gasteiger partial charge < -0.3 is 11.1 Å². The van der Waals surface area contributed by atoms with Crippen LogP contribution in [0.25, 0.3) is 0 Å². The summed E-state index contributed by atoms with van der Waals surface area (Å²) in [6, 6.07) is 9.10. The molecule has 1 aromatic carbocycles. The maximum atomic E-state index is 5.79. The third kappa shape index (κ3) is 4.30. The number of hydrogen-bond acceptors (Lipinski definition) is 2. The van der Waals surface area contributed by atoms with E-state index in [1.54, 1.807) is 0 Å². The Morgan fingerprint density at radius 3 is 2.94 bits per heavy atom. The zero-order valence-corrected chi connectivity index (χ0v) is 11.0. The average molecular weight is 249 g/mol. The van der Waals surface area contributed by atoms with Gasteiger partial charge in [-0.2, -0.15) is 11.8 Å². The Balaban J connectivity index is 1.90. The minimum absolute atomic E-state index is 0.571. The summed E-state index contributed by atoms with van der Waals surface area (Å²) >= 11 is 1.83. The van der Waals surface area contributed by atoms with Crippen molar-refractivity contribution in [2.75, 3.05) is 6.26 Å². The van der Waals surface area contributed by atoms with Gasteiger partial charge in [-0.1, -0.05) is 24.3 Å². The molecule has 1 aromatic rings. The topological polar surface area (TPSA) is 50.4 Å². The third-order valence-electron chi connectivity index (χ3n) is 2.66. The summed E-state index contributed by atoms with van der Waals surface area (Å²) in [6.45, 7) is 0.660. The molecular formula is C13H19N3S. The van der Waals surface area contributed by atoms with Crippen LogP contribution in [0, 0.1) is 0 Å². The first kappa shape index (κ1) is 12.3. The van der Waals surface area contributed by atoms with Gasteiger partial charge in [-0.25, -0.2) is 4.99 Å². The highest BCUT2D eigenvalue weighted by molar-refractivity contribution is 7.97. The molecule has 2 rings (SSSR count). The van der Waals surface area contributed by atoms with Crippen LogP contribution in [0.5, 0.6) is 0 Å². The fourth-order valence-corrected chi connectivity index (χ4v) is 2.16. The summed E-state index contributed by atoms with van der Waals surface area (Å²) in [5.74, 6) is 1.62. The molecule has 3 N–H and O–H groups in total. The molecule has 0 aromatic heterocycles. The second-order valence-electron chi connectivity index (χ2n) is 4.37. The summed E-state index contributed by atoms with van der Waals surface area (Å²) in [5.41, 5.74) is 8.36. The predicted molar refractivity (Wildman–Crippen MR) is 75.1 cm³/mol. The summed E-state index contributed by atoms with van der Waals surface area (Å²) in [5, 5.41) is 3.19. The molecule has 4 heteroatoms. The van der Waals surface area contributed by atoms with Crippen LogP contribution < -0.4 is 11.1 Å². The fourth-order valence-electron chi connectivity index (χ4n) is 1.64. The minimum atomic E-state index is 0.571. The van der Waals surface area contributed by atoms with Gasteiger partial charge in [0.1, 0.15) is 0 Å². The number of benzene rings is 1. The van der Waals surface area contributed by atoms with Gasteiger partial charge in [-0.3, -0.25) is 0 Å². The van der Waals surface area contributed by atoms with Crippen LogP contribution in [0.4, 0.5) is 0 Å². The lowest BCUT2D eigenvalue weighted by Crippen LogP contribution is -2.33. The summed E-state index contributed by atoms with van der Waals surface area (Å²) in [4.78, 5) is 4.35. The van der Waals surface area contributed by atoms with Crippen LogP contribution in [0.2, 0.25) is 0 Å². The molecule has 1 fully saturated rings. The third-order valence-corrected chi connectivity index (χ3v) is 3.29. The maximum Gasteiger partial charge on any atom is 0.189 e. The van der Waals surface area contributed by atoms with Gasteiger partial charge in [0, 0.05) is 11.8 Å². The zero-order chi connectivity index (χ0) is 12.1. The normalized spacial score (nSPS) is 15.9. The molecule has 1 aliphatic carbocycles. The first-order chi connectivity index (χ1) is 8.28. The molecule has 0 saturated heterocycles. The lowest BCUT2D eigenvalue weighted by molar-refractivity contribution is 0.878. The van der Waals surface area contributed by atoms with Gasteiger partial charge in [0.05, 0.1) is 6.54 Å². The van der Waals surface area contributed by atoms with Crippen LogP contribution in [0.15, 0.2) is 29.3 Å². The van der Waals surface area contributed by atoms with E-state index in [-0.39, 0.29) is 0 Å². The van der Waals surface area contributed by atoms with Crippen LogP contribution >= 0.6 is 11.8 Å². The van der Waals surface area contributed by atoms with Crippen molar-refractivity contribution in [2.24, 2.45) is 10.7 Å². The maximum absolute atomic E-state index is 5.79. The van der Waals surface area contributed by atoms with Crippen LogP contribution in [-0.2, 0) is 12.3 Å². The molecular weight excluding hydrogens is 230 g/mol. The van der Waals surface area contributed by atoms with Gasteiger partial charge in [0.2, 0.25) is 0 Å². The van der Waals surface area contributed by atoms with Crippen LogP contribution in [0.3, 0.4) is 0 Å².